The molecule has 0 saturated carbocycles. The zero-order chi connectivity index (χ0) is 25.7. The minimum Gasteiger partial charge on any atom is -0.480 e. The second-order valence-corrected chi connectivity index (χ2v) is 10.3. The maximum Gasteiger partial charge on any atom is 0.328 e. The van der Waals surface area contributed by atoms with Gasteiger partial charge in [-0.1, -0.05) is 18.2 Å². The van der Waals surface area contributed by atoms with E-state index in [0.29, 0.717) is 21.5 Å². The van der Waals surface area contributed by atoms with Crippen LogP contribution in [0.2, 0.25) is 0 Å². The lowest BCUT2D eigenvalue weighted by atomic mass is 10.0. The van der Waals surface area contributed by atoms with Crippen molar-refractivity contribution in [2.45, 2.75) is 25.4 Å². The second kappa shape index (κ2) is 11.6. The van der Waals surface area contributed by atoms with Crippen molar-refractivity contribution in [1.82, 2.24) is 16.0 Å². The summed E-state index contributed by atoms with van der Waals surface area (Å²) >= 11 is 4.72. The van der Waals surface area contributed by atoms with Crippen LogP contribution in [-0.2, 0) is 22.6 Å². The molecule has 0 radical (unpaired) electrons. The Labute approximate surface area is 220 Å². The summed E-state index contributed by atoms with van der Waals surface area (Å²) in [6, 6.07) is 9.12. The molecule has 0 fully saturated rings. The van der Waals surface area contributed by atoms with Gasteiger partial charge >= 0.3 is 5.97 Å². The Hall–Kier alpha value is -3.31. The maximum absolute atomic E-state index is 12.7. The minimum atomic E-state index is -1.31. The molecule has 0 aromatic heterocycles. The molecule has 2 aromatic rings. The third-order valence-electron chi connectivity index (χ3n) is 5.88. The fraction of sp³-hybridized carbons (Fsp3) is 0.280. The molecular weight excluding hydrogens is 548 g/mol. The van der Waals surface area contributed by atoms with E-state index in [-0.39, 0.29) is 23.9 Å². The zero-order valence-electron chi connectivity index (χ0n) is 19.2. The summed E-state index contributed by atoms with van der Waals surface area (Å²) in [7, 11) is 0. The third-order valence-corrected chi connectivity index (χ3v) is 7.64. The maximum atomic E-state index is 12.7. The van der Waals surface area contributed by atoms with Crippen LogP contribution in [0.3, 0.4) is 0 Å². The number of anilines is 1. The van der Waals surface area contributed by atoms with Crippen LogP contribution >= 0.6 is 27.7 Å². The van der Waals surface area contributed by atoms with Gasteiger partial charge < -0.3 is 26.4 Å². The Morgan fingerprint density at radius 3 is 2.64 bits per heavy atom. The molecule has 9 nitrogen and oxygen atoms in total. The molecule has 2 aromatic carbocycles. The van der Waals surface area contributed by atoms with Crippen molar-refractivity contribution in [2.24, 2.45) is 0 Å². The molecule has 36 heavy (non-hydrogen) atoms. The first kappa shape index (κ1) is 25.8. The largest absolute Gasteiger partial charge is 0.480 e. The van der Waals surface area contributed by atoms with E-state index in [4.69, 9.17) is 0 Å². The number of allylic oxidation sites excluding steroid dienone is 1. The second-order valence-electron chi connectivity index (χ2n) is 8.28. The smallest absolute Gasteiger partial charge is 0.328 e. The van der Waals surface area contributed by atoms with E-state index in [1.54, 1.807) is 6.08 Å². The van der Waals surface area contributed by atoms with Crippen molar-refractivity contribution in [3.8, 4) is 0 Å². The van der Waals surface area contributed by atoms with Gasteiger partial charge in [-0.3, -0.25) is 14.4 Å². The lowest BCUT2D eigenvalue weighted by molar-refractivity contribution is -0.139. The number of carbonyl (C=O) groups is 4. The predicted molar refractivity (Wildman–Crippen MR) is 141 cm³/mol. The van der Waals surface area contributed by atoms with E-state index in [2.05, 4.69) is 37.2 Å². The fourth-order valence-corrected chi connectivity index (χ4v) is 5.45. The first-order valence-corrected chi connectivity index (χ1v) is 13.2. The first-order chi connectivity index (χ1) is 17.3. The number of thioether (sulfide) groups is 1. The summed E-state index contributed by atoms with van der Waals surface area (Å²) in [6.45, 7) is 1.00. The highest BCUT2D eigenvalue weighted by atomic mass is 79.9. The first-order valence-electron chi connectivity index (χ1n) is 11.4. The number of hydrogen-bond donors (Lipinski definition) is 5. The third kappa shape index (κ3) is 6.08. The van der Waals surface area contributed by atoms with Gasteiger partial charge in [0.05, 0.1) is 10.5 Å². The van der Waals surface area contributed by atoms with Crippen molar-refractivity contribution in [3.63, 3.8) is 0 Å². The lowest BCUT2D eigenvalue weighted by Gasteiger charge is -2.16. The van der Waals surface area contributed by atoms with Gasteiger partial charge in [-0.05, 0) is 64.2 Å². The van der Waals surface area contributed by atoms with E-state index < -0.39 is 17.9 Å². The monoisotopic (exact) mass is 572 g/mol. The van der Waals surface area contributed by atoms with Crippen LogP contribution < -0.4 is 21.3 Å². The van der Waals surface area contributed by atoms with E-state index in [1.165, 1.54) is 35.5 Å². The summed E-state index contributed by atoms with van der Waals surface area (Å²) in [4.78, 5) is 49.8. The number of fused-ring (bicyclic) bond motifs is 1. The summed E-state index contributed by atoms with van der Waals surface area (Å²) in [5.74, 6) is -1.75. The van der Waals surface area contributed by atoms with Gasteiger partial charge in [0, 0.05) is 41.1 Å². The molecule has 0 saturated heterocycles. The quantitative estimate of drug-likeness (QED) is 0.311. The molecule has 4 rings (SSSR count). The van der Waals surface area contributed by atoms with Gasteiger partial charge in [0.25, 0.3) is 17.7 Å². The van der Waals surface area contributed by atoms with Crippen LogP contribution in [0.25, 0.3) is 0 Å². The molecule has 188 valence electrons. The molecule has 2 heterocycles. The summed E-state index contributed by atoms with van der Waals surface area (Å²) in [5, 5.41) is 20.7. The van der Waals surface area contributed by atoms with Crippen LogP contribution in [-0.4, -0.2) is 53.7 Å². The van der Waals surface area contributed by atoms with Crippen LogP contribution in [0.5, 0.6) is 0 Å². The molecule has 3 amide bonds. The van der Waals surface area contributed by atoms with Crippen molar-refractivity contribution in [3.05, 3.63) is 74.1 Å². The van der Waals surface area contributed by atoms with Crippen LogP contribution in [0.15, 0.2) is 51.9 Å². The van der Waals surface area contributed by atoms with Crippen molar-refractivity contribution in [1.29, 1.82) is 0 Å². The standard InChI is InChI=1S/C25H25BrN4O5S/c26-18-11-14(22(31)28-12-15-3-1-4-19-16(15)8-9-27-19)6-7-17(18)23(32)30-20(25(34)35)13-29-24(33)21-5-2-10-36-21/h1,3-7,11,20,27H,2,8-10,12-13H2,(H,28,31)(H,29,33)(H,30,32)(H,34,35)/t20-/m0/s1. The van der Waals surface area contributed by atoms with Gasteiger partial charge in [0.1, 0.15) is 6.04 Å². The Balaban J connectivity index is 1.35. The highest BCUT2D eigenvalue weighted by molar-refractivity contribution is 9.10. The SMILES string of the molecule is O=C(NC[C@H](NC(=O)c1ccc(C(=O)NCc2cccc3c2CCN3)cc1Br)C(=O)O)C1=CCCS1. The highest BCUT2D eigenvalue weighted by Gasteiger charge is 2.24. The molecule has 11 heteroatoms. The predicted octanol–water partition coefficient (Wildman–Crippen LogP) is 2.67. The minimum absolute atomic E-state index is 0.171. The van der Waals surface area contributed by atoms with Gasteiger partial charge in [0.2, 0.25) is 0 Å². The van der Waals surface area contributed by atoms with E-state index >= 15 is 0 Å². The Kier molecular flexibility index (Phi) is 8.32. The summed E-state index contributed by atoms with van der Waals surface area (Å²) < 4.78 is 0.345. The fourth-order valence-electron chi connectivity index (χ4n) is 4.00. The van der Waals surface area contributed by atoms with Gasteiger partial charge in [0.15, 0.2) is 0 Å². The van der Waals surface area contributed by atoms with E-state index in [9.17, 15) is 24.3 Å². The number of rotatable bonds is 9. The van der Waals surface area contributed by atoms with E-state index in [1.807, 2.05) is 18.2 Å². The average Bonchev–Trinajstić information content (AvgIpc) is 3.57. The van der Waals surface area contributed by atoms with Gasteiger partial charge in [-0.15, -0.1) is 11.8 Å². The van der Waals surface area contributed by atoms with Gasteiger partial charge in [-0.2, -0.15) is 0 Å². The topological polar surface area (TPSA) is 137 Å². The highest BCUT2D eigenvalue weighted by Crippen LogP contribution is 2.26. The molecule has 2 aliphatic rings. The van der Waals surface area contributed by atoms with Crippen molar-refractivity contribution < 1.29 is 24.3 Å². The van der Waals surface area contributed by atoms with Crippen molar-refractivity contribution in [2.75, 3.05) is 24.2 Å². The van der Waals surface area contributed by atoms with Crippen LogP contribution in [0.1, 0.15) is 38.3 Å². The number of amides is 3. The van der Waals surface area contributed by atoms with Crippen LogP contribution in [0.4, 0.5) is 5.69 Å². The number of halogens is 1. The number of carboxylic acid groups (broad SMARTS) is 1. The number of carboxylic acids is 1. The summed E-state index contributed by atoms with van der Waals surface area (Å²) in [6.07, 6.45) is 3.50. The van der Waals surface area contributed by atoms with Crippen molar-refractivity contribution >= 4 is 57.1 Å². The molecule has 0 bridgehead atoms. The Morgan fingerprint density at radius 1 is 1.08 bits per heavy atom. The Bertz CT molecular complexity index is 1250. The van der Waals surface area contributed by atoms with Gasteiger partial charge in [-0.25, -0.2) is 4.79 Å². The number of nitrogens with one attached hydrogen (secondary N) is 4. The number of hydrogen-bond acceptors (Lipinski definition) is 6. The normalized spacial score (nSPS) is 14.8. The van der Waals surface area contributed by atoms with E-state index in [0.717, 1.165) is 36.4 Å². The number of benzene rings is 2. The molecule has 5 N–H and O–H groups in total. The molecule has 0 spiro atoms. The molecule has 1 atom stereocenters. The molecule has 2 aliphatic heterocycles. The number of aliphatic carboxylic acids is 1. The Morgan fingerprint density at radius 2 is 1.92 bits per heavy atom. The average molecular weight is 573 g/mol. The lowest BCUT2D eigenvalue weighted by Crippen LogP contribution is -2.48. The van der Waals surface area contributed by atoms with Crippen LogP contribution in [0, 0.1) is 0 Å². The number of carbonyl (C=O) groups excluding carboxylic acids is 3. The zero-order valence-corrected chi connectivity index (χ0v) is 21.6. The molecular formula is C25H25BrN4O5S. The molecule has 0 unspecified atom stereocenters. The summed E-state index contributed by atoms with van der Waals surface area (Å²) in [5.41, 5.74) is 3.87. The molecule has 0 aliphatic carbocycles.